The van der Waals surface area contributed by atoms with E-state index in [1.807, 2.05) is 12.1 Å². The topological polar surface area (TPSA) is 55.7 Å². The van der Waals surface area contributed by atoms with Crippen LogP contribution >= 0.6 is 0 Å². The van der Waals surface area contributed by atoms with Crippen LogP contribution in [0.25, 0.3) is 0 Å². The van der Waals surface area contributed by atoms with Crippen LogP contribution in [0.3, 0.4) is 0 Å². The number of rotatable bonds is 5. The maximum atomic E-state index is 12.6. The van der Waals surface area contributed by atoms with Crippen molar-refractivity contribution in [3.63, 3.8) is 0 Å². The molecule has 3 aliphatic carbocycles. The number of likely N-dealkylation sites (tertiary alicyclic amines) is 1. The van der Waals surface area contributed by atoms with Gasteiger partial charge in [0.15, 0.2) is 0 Å². The largest absolute Gasteiger partial charge is 0.508 e. The molecule has 3 N–H and O–H groups in total. The fourth-order valence-corrected chi connectivity index (χ4v) is 6.77. The molecule has 0 radical (unpaired) electrons. The first-order valence-electron chi connectivity index (χ1n) is 11.9. The van der Waals surface area contributed by atoms with Crippen LogP contribution in [0, 0.1) is 11.8 Å². The summed E-state index contributed by atoms with van der Waals surface area (Å²) in [5.41, 5.74) is 1.67. The molecule has 1 aromatic rings. The summed E-state index contributed by atoms with van der Waals surface area (Å²) >= 11 is 0. The van der Waals surface area contributed by atoms with Crippen LogP contribution < -0.4 is 5.32 Å². The lowest BCUT2D eigenvalue weighted by atomic mass is 9.51. The Morgan fingerprint density at radius 1 is 1.21 bits per heavy atom. The third kappa shape index (κ3) is 3.32. The van der Waals surface area contributed by atoms with Gasteiger partial charge >= 0.3 is 0 Å². The summed E-state index contributed by atoms with van der Waals surface area (Å²) in [6, 6.07) is 6.54. The van der Waals surface area contributed by atoms with Gasteiger partial charge in [0.05, 0.1) is 5.60 Å². The first-order chi connectivity index (χ1) is 13.9. The molecule has 2 bridgehead atoms. The van der Waals surface area contributed by atoms with Gasteiger partial charge in [-0.05, 0) is 99.6 Å². The van der Waals surface area contributed by atoms with Crippen molar-refractivity contribution in [1.82, 2.24) is 10.2 Å². The van der Waals surface area contributed by atoms with Crippen LogP contribution in [0.15, 0.2) is 18.2 Å². The first-order valence-corrected chi connectivity index (χ1v) is 11.9. The molecule has 4 aliphatic rings. The monoisotopic (exact) mass is 398 g/mol. The van der Waals surface area contributed by atoms with Crippen molar-refractivity contribution in [2.24, 2.45) is 11.8 Å². The van der Waals surface area contributed by atoms with Gasteiger partial charge in [0.25, 0.3) is 0 Å². The minimum Gasteiger partial charge on any atom is -0.508 e. The van der Waals surface area contributed by atoms with Crippen LogP contribution in [0.4, 0.5) is 0 Å². The number of aromatic hydroxyl groups is 1. The van der Waals surface area contributed by atoms with Gasteiger partial charge < -0.3 is 15.5 Å². The van der Waals surface area contributed by atoms with Crippen LogP contribution in [-0.4, -0.2) is 52.4 Å². The third-order valence-electron chi connectivity index (χ3n) is 8.37. The normalized spacial score (nSPS) is 37.1. The Morgan fingerprint density at radius 3 is 2.79 bits per heavy atom. The number of nitrogens with one attached hydrogen (secondary N) is 1. The summed E-state index contributed by atoms with van der Waals surface area (Å²) in [5, 5.41) is 26.6. The second kappa shape index (κ2) is 7.25. The van der Waals surface area contributed by atoms with E-state index in [2.05, 4.69) is 30.1 Å². The van der Waals surface area contributed by atoms with Gasteiger partial charge in [-0.2, -0.15) is 0 Å². The second-order valence-electron chi connectivity index (χ2n) is 10.9. The molecule has 3 fully saturated rings. The van der Waals surface area contributed by atoms with E-state index in [1.54, 1.807) is 0 Å². The molecule has 29 heavy (non-hydrogen) atoms. The second-order valence-corrected chi connectivity index (χ2v) is 10.9. The van der Waals surface area contributed by atoms with Gasteiger partial charge in [-0.25, -0.2) is 0 Å². The van der Waals surface area contributed by atoms with Crippen molar-refractivity contribution in [3.05, 3.63) is 29.3 Å². The zero-order valence-electron chi connectivity index (χ0n) is 18.2. The molecule has 5 rings (SSSR count). The van der Waals surface area contributed by atoms with Crippen molar-refractivity contribution >= 4 is 0 Å². The third-order valence-corrected chi connectivity index (χ3v) is 8.37. The number of fused-ring (bicyclic) bond motifs is 1. The Bertz CT molecular complexity index is 761. The van der Waals surface area contributed by atoms with Crippen molar-refractivity contribution in [2.45, 2.75) is 88.3 Å². The molecule has 1 aromatic carbocycles. The summed E-state index contributed by atoms with van der Waals surface area (Å²) in [6.07, 6.45) is 8.77. The zero-order chi connectivity index (χ0) is 20.2. The smallest absolute Gasteiger partial charge is 0.115 e. The molecule has 0 aromatic heterocycles. The average Bonchev–Trinajstić information content (AvgIpc) is 3.50. The zero-order valence-corrected chi connectivity index (χ0v) is 18.2. The van der Waals surface area contributed by atoms with Crippen LogP contribution in [-0.2, 0) is 11.8 Å². The molecular weight excluding hydrogens is 360 g/mol. The Hall–Kier alpha value is -1.10. The van der Waals surface area contributed by atoms with Crippen molar-refractivity contribution < 1.29 is 10.2 Å². The van der Waals surface area contributed by atoms with Gasteiger partial charge in [-0.15, -0.1) is 0 Å². The van der Waals surface area contributed by atoms with Crippen LogP contribution in [0.5, 0.6) is 5.75 Å². The van der Waals surface area contributed by atoms with Gasteiger partial charge in [0.1, 0.15) is 5.75 Å². The Morgan fingerprint density at radius 2 is 2.03 bits per heavy atom. The average molecular weight is 399 g/mol. The fraction of sp³-hybridized carbons (Fsp3) is 0.760. The van der Waals surface area contributed by atoms with E-state index in [4.69, 9.17) is 0 Å². The highest BCUT2D eigenvalue weighted by atomic mass is 16.3. The predicted octanol–water partition coefficient (Wildman–Crippen LogP) is 3.59. The molecule has 0 amide bonds. The summed E-state index contributed by atoms with van der Waals surface area (Å²) in [5.74, 6) is 1.81. The quantitative estimate of drug-likeness (QED) is 0.709. The Labute approximate surface area is 175 Å². The van der Waals surface area contributed by atoms with Crippen molar-refractivity contribution in [2.75, 3.05) is 19.6 Å². The lowest BCUT2D eigenvalue weighted by Crippen LogP contribution is -2.69. The predicted molar refractivity (Wildman–Crippen MR) is 116 cm³/mol. The van der Waals surface area contributed by atoms with E-state index in [0.717, 1.165) is 64.1 Å². The van der Waals surface area contributed by atoms with Crippen LogP contribution in [0.2, 0.25) is 0 Å². The van der Waals surface area contributed by atoms with Gasteiger partial charge in [0, 0.05) is 24.0 Å². The molecule has 4 atom stereocenters. The summed E-state index contributed by atoms with van der Waals surface area (Å²) in [4.78, 5) is 2.65. The summed E-state index contributed by atoms with van der Waals surface area (Å²) in [7, 11) is 0. The summed E-state index contributed by atoms with van der Waals surface area (Å²) in [6.45, 7) is 7.78. The summed E-state index contributed by atoms with van der Waals surface area (Å²) < 4.78 is 0. The number of nitrogens with zero attached hydrogens (tertiary/aromatic N) is 1. The van der Waals surface area contributed by atoms with E-state index in [-0.39, 0.29) is 11.5 Å². The molecule has 1 heterocycles. The molecular formula is C25H38N2O2. The van der Waals surface area contributed by atoms with E-state index in [0.29, 0.717) is 17.7 Å². The minimum atomic E-state index is -0.716. The highest BCUT2D eigenvalue weighted by Gasteiger charge is 2.63. The van der Waals surface area contributed by atoms with Crippen molar-refractivity contribution in [3.8, 4) is 5.75 Å². The molecule has 4 heteroatoms. The number of benzene rings is 1. The molecule has 1 saturated heterocycles. The Kier molecular flexibility index (Phi) is 4.96. The molecule has 0 spiro atoms. The lowest BCUT2D eigenvalue weighted by Gasteiger charge is -2.60. The van der Waals surface area contributed by atoms with E-state index < -0.39 is 5.60 Å². The highest BCUT2D eigenvalue weighted by molar-refractivity contribution is 5.47. The fourth-order valence-electron chi connectivity index (χ4n) is 6.77. The molecule has 0 unspecified atom stereocenters. The molecule has 4 nitrogen and oxygen atoms in total. The number of phenolic OH excluding ortho intramolecular Hbond substituents is 1. The molecule has 160 valence electrons. The highest BCUT2D eigenvalue weighted by Crippen LogP contribution is 2.58. The van der Waals surface area contributed by atoms with Gasteiger partial charge in [-0.3, -0.25) is 4.90 Å². The minimum absolute atomic E-state index is 0.200. The number of phenols is 1. The lowest BCUT2D eigenvalue weighted by molar-refractivity contribution is -0.134. The maximum absolute atomic E-state index is 12.6. The van der Waals surface area contributed by atoms with Crippen molar-refractivity contribution in [1.29, 1.82) is 0 Å². The SMILES string of the molecule is CC(C)CN[C@H]1CC[C@]23CCCN(CC4CC4)[C@H](Cc4ccc(O)cc42)[C@]3(O)C1. The maximum Gasteiger partial charge on any atom is 0.115 e. The molecule has 1 aliphatic heterocycles. The van der Waals surface area contributed by atoms with Gasteiger partial charge in [0.2, 0.25) is 0 Å². The Balaban J connectivity index is 1.55. The first kappa shape index (κ1) is 19.8. The standard InChI is InChI=1S/C25H38N2O2/c1-17(2)15-26-20-8-10-24-9-3-11-27(16-18-4-5-18)23(25(24,29)14-20)12-19-6-7-21(28)13-22(19)24/h6-7,13,17-18,20,23,26,28-29H,3-5,8-12,14-16H2,1-2H3/t20-,23+,24+,25+/m0/s1. The van der Waals surface area contributed by atoms with E-state index in [9.17, 15) is 10.2 Å². The van der Waals surface area contributed by atoms with Gasteiger partial charge in [-0.1, -0.05) is 19.9 Å². The number of aliphatic hydroxyl groups is 1. The number of hydrogen-bond donors (Lipinski definition) is 3. The van der Waals surface area contributed by atoms with E-state index in [1.165, 1.54) is 24.0 Å². The van der Waals surface area contributed by atoms with Crippen LogP contribution in [0.1, 0.15) is 69.9 Å². The number of hydrogen-bond acceptors (Lipinski definition) is 4. The van der Waals surface area contributed by atoms with E-state index >= 15 is 0 Å². The molecule has 2 saturated carbocycles.